The van der Waals surface area contributed by atoms with Gasteiger partial charge in [-0.2, -0.15) is 0 Å². The molecular weight excluding hydrogens is 330 g/mol. The summed E-state index contributed by atoms with van der Waals surface area (Å²) in [5, 5.41) is 11.4. The first kappa shape index (κ1) is 17.5. The number of hydrogen-bond donors (Lipinski definition) is 1. The Morgan fingerprint density at radius 3 is 2.58 bits per heavy atom. The van der Waals surface area contributed by atoms with E-state index in [0.29, 0.717) is 18.5 Å². The number of piperazine rings is 1. The van der Waals surface area contributed by atoms with Crippen molar-refractivity contribution in [1.82, 2.24) is 9.80 Å². The van der Waals surface area contributed by atoms with Crippen LogP contribution in [0.3, 0.4) is 0 Å². The average Bonchev–Trinajstić information content (AvgIpc) is 3.02. The van der Waals surface area contributed by atoms with Gasteiger partial charge in [-0.25, -0.2) is 8.78 Å². The van der Waals surface area contributed by atoms with Crippen molar-refractivity contribution < 1.29 is 13.9 Å². The number of aliphatic hydroxyl groups excluding tert-OH is 1. The summed E-state index contributed by atoms with van der Waals surface area (Å²) in [5.41, 5.74) is 0.655. The molecule has 1 aliphatic heterocycles. The van der Waals surface area contributed by atoms with Crippen molar-refractivity contribution in [3.05, 3.63) is 57.8 Å². The third kappa shape index (κ3) is 4.60. The van der Waals surface area contributed by atoms with Gasteiger partial charge in [0.2, 0.25) is 0 Å². The van der Waals surface area contributed by atoms with Gasteiger partial charge in [0.1, 0.15) is 11.6 Å². The number of thiophene rings is 1. The zero-order chi connectivity index (χ0) is 16.9. The fraction of sp³-hybridized carbons (Fsp3) is 0.444. The normalized spacial score (nSPS) is 19.7. The summed E-state index contributed by atoms with van der Waals surface area (Å²) in [6.07, 6.45) is 0.708. The third-order valence-corrected chi connectivity index (χ3v) is 5.28. The first-order chi connectivity index (χ1) is 11.6. The molecule has 3 rings (SSSR count). The summed E-state index contributed by atoms with van der Waals surface area (Å²) in [6.45, 7) is 4.11. The highest BCUT2D eigenvalue weighted by Gasteiger charge is 2.27. The maximum Gasteiger partial charge on any atom is 0.126 e. The van der Waals surface area contributed by atoms with Crippen LogP contribution >= 0.6 is 11.3 Å². The predicted octanol–water partition coefficient (Wildman–Crippen LogP) is 3.10. The zero-order valence-electron chi connectivity index (χ0n) is 13.5. The van der Waals surface area contributed by atoms with Crippen LogP contribution in [0.5, 0.6) is 0 Å². The Kier molecular flexibility index (Phi) is 5.94. The van der Waals surface area contributed by atoms with Gasteiger partial charge < -0.3 is 5.11 Å². The molecule has 1 saturated heterocycles. The first-order valence-corrected chi connectivity index (χ1v) is 9.06. The lowest BCUT2D eigenvalue weighted by atomic mass is 10.1. The van der Waals surface area contributed by atoms with E-state index in [1.165, 1.54) is 17.0 Å². The summed E-state index contributed by atoms with van der Waals surface area (Å²) in [6, 6.07) is 8.11. The largest absolute Gasteiger partial charge is 0.396 e. The second-order valence-corrected chi connectivity index (χ2v) is 7.26. The quantitative estimate of drug-likeness (QED) is 0.865. The van der Waals surface area contributed by atoms with Crippen LogP contribution in [0.25, 0.3) is 0 Å². The Labute approximate surface area is 145 Å². The van der Waals surface area contributed by atoms with Crippen LogP contribution in [0.1, 0.15) is 16.9 Å². The van der Waals surface area contributed by atoms with Crippen molar-refractivity contribution in [3.63, 3.8) is 0 Å². The smallest absolute Gasteiger partial charge is 0.126 e. The molecule has 0 radical (unpaired) electrons. The molecule has 0 spiro atoms. The molecule has 1 N–H and O–H groups in total. The minimum Gasteiger partial charge on any atom is -0.396 e. The van der Waals surface area contributed by atoms with E-state index in [9.17, 15) is 13.9 Å². The topological polar surface area (TPSA) is 26.7 Å². The van der Waals surface area contributed by atoms with E-state index in [0.717, 1.165) is 32.2 Å². The Balaban J connectivity index is 1.63. The van der Waals surface area contributed by atoms with E-state index < -0.39 is 11.6 Å². The van der Waals surface area contributed by atoms with E-state index in [2.05, 4.69) is 27.3 Å². The number of nitrogens with zero attached hydrogens (tertiary/aromatic N) is 2. The number of hydrogen-bond acceptors (Lipinski definition) is 4. The number of halogens is 2. The molecule has 2 heterocycles. The summed E-state index contributed by atoms with van der Waals surface area (Å²) >= 11 is 1.74. The van der Waals surface area contributed by atoms with Crippen LogP contribution in [0.2, 0.25) is 0 Å². The third-order valence-electron chi connectivity index (χ3n) is 4.42. The monoisotopic (exact) mass is 352 g/mol. The lowest BCUT2D eigenvalue weighted by molar-refractivity contribution is 0.0506. The summed E-state index contributed by atoms with van der Waals surface area (Å²) < 4.78 is 26.7. The molecule has 1 aliphatic rings. The van der Waals surface area contributed by atoms with E-state index in [-0.39, 0.29) is 12.6 Å². The molecule has 130 valence electrons. The molecule has 0 aliphatic carbocycles. The molecular formula is C18H22F2N2OS. The maximum atomic E-state index is 13.4. The van der Waals surface area contributed by atoms with Gasteiger partial charge in [-0.15, -0.1) is 11.3 Å². The van der Waals surface area contributed by atoms with Crippen LogP contribution in [-0.4, -0.2) is 47.2 Å². The highest BCUT2D eigenvalue weighted by Crippen LogP contribution is 2.20. The van der Waals surface area contributed by atoms with E-state index in [1.807, 2.05) is 0 Å². The summed E-state index contributed by atoms with van der Waals surface area (Å²) in [5.74, 6) is -1.07. The van der Waals surface area contributed by atoms with E-state index >= 15 is 0 Å². The van der Waals surface area contributed by atoms with Crippen LogP contribution in [0.4, 0.5) is 8.78 Å². The van der Waals surface area contributed by atoms with Gasteiger partial charge in [0.05, 0.1) is 0 Å². The van der Waals surface area contributed by atoms with Crippen LogP contribution in [0, 0.1) is 11.6 Å². The molecule has 0 bridgehead atoms. The minimum atomic E-state index is -0.534. The van der Waals surface area contributed by atoms with Gasteiger partial charge >= 0.3 is 0 Å². The lowest BCUT2D eigenvalue weighted by Gasteiger charge is -2.41. The fourth-order valence-electron chi connectivity index (χ4n) is 3.30. The Hall–Kier alpha value is -1.34. The Bertz CT molecular complexity index is 630. The molecule has 0 saturated carbocycles. The Morgan fingerprint density at radius 2 is 1.92 bits per heavy atom. The molecule has 0 amide bonds. The van der Waals surface area contributed by atoms with Crippen molar-refractivity contribution in [2.24, 2.45) is 0 Å². The lowest BCUT2D eigenvalue weighted by Crippen LogP contribution is -2.52. The van der Waals surface area contributed by atoms with Crippen molar-refractivity contribution in [1.29, 1.82) is 0 Å². The maximum absolute atomic E-state index is 13.4. The van der Waals surface area contributed by atoms with Crippen molar-refractivity contribution in [2.75, 3.05) is 26.2 Å². The molecule has 1 aromatic carbocycles. The van der Waals surface area contributed by atoms with Gasteiger partial charge in [-0.1, -0.05) is 6.07 Å². The molecule has 3 nitrogen and oxygen atoms in total. The van der Waals surface area contributed by atoms with Gasteiger partial charge in [0.15, 0.2) is 0 Å². The second-order valence-electron chi connectivity index (χ2n) is 6.23. The van der Waals surface area contributed by atoms with Gasteiger partial charge in [0, 0.05) is 56.3 Å². The number of benzene rings is 1. The molecule has 1 atom stereocenters. The van der Waals surface area contributed by atoms with Crippen molar-refractivity contribution in [2.45, 2.75) is 25.6 Å². The summed E-state index contributed by atoms with van der Waals surface area (Å²) in [7, 11) is 0. The van der Waals surface area contributed by atoms with Crippen molar-refractivity contribution >= 4 is 11.3 Å². The van der Waals surface area contributed by atoms with Gasteiger partial charge in [0.25, 0.3) is 0 Å². The molecule has 24 heavy (non-hydrogen) atoms. The zero-order valence-corrected chi connectivity index (χ0v) is 14.3. The van der Waals surface area contributed by atoms with E-state index in [1.54, 1.807) is 11.3 Å². The number of aliphatic hydroxyl groups is 1. The average molecular weight is 352 g/mol. The molecule has 0 unspecified atom stereocenters. The standard InChI is InChI=1S/C18H22F2N2OS/c19-15-8-14(9-16(20)10-15)11-21-4-5-22(17(12-21)3-6-23)13-18-2-1-7-24-18/h1-2,7-10,17,23H,3-6,11-13H2/t17-/m1/s1. The van der Waals surface area contributed by atoms with E-state index in [4.69, 9.17) is 0 Å². The van der Waals surface area contributed by atoms with Crippen LogP contribution in [0.15, 0.2) is 35.7 Å². The highest BCUT2D eigenvalue weighted by molar-refractivity contribution is 7.09. The fourth-order valence-corrected chi connectivity index (χ4v) is 4.02. The Morgan fingerprint density at radius 1 is 1.12 bits per heavy atom. The van der Waals surface area contributed by atoms with Gasteiger partial charge in [-0.05, 0) is 35.6 Å². The number of rotatable bonds is 6. The summed E-state index contributed by atoms with van der Waals surface area (Å²) in [4.78, 5) is 5.92. The van der Waals surface area contributed by atoms with Crippen molar-refractivity contribution in [3.8, 4) is 0 Å². The van der Waals surface area contributed by atoms with Crippen LogP contribution < -0.4 is 0 Å². The molecule has 2 aromatic rings. The highest BCUT2D eigenvalue weighted by atomic mass is 32.1. The SMILES string of the molecule is OCC[C@@H]1CN(Cc2cc(F)cc(F)c2)CCN1Cc1cccs1. The molecule has 6 heteroatoms. The molecule has 1 aromatic heterocycles. The van der Waals surface area contributed by atoms with Crippen LogP contribution in [-0.2, 0) is 13.1 Å². The predicted molar refractivity (Wildman–Crippen MR) is 91.9 cm³/mol. The molecule has 1 fully saturated rings. The minimum absolute atomic E-state index is 0.147. The van der Waals surface area contributed by atoms with Gasteiger partial charge in [-0.3, -0.25) is 9.80 Å². The first-order valence-electron chi connectivity index (χ1n) is 8.18. The second kappa shape index (κ2) is 8.16.